The van der Waals surface area contributed by atoms with E-state index in [2.05, 4.69) is 6.58 Å². The molecule has 0 aliphatic carbocycles. The van der Waals surface area contributed by atoms with Gasteiger partial charge in [0.05, 0.1) is 0 Å². The highest BCUT2D eigenvalue weighted by Gasteiger charge is 2.65. The maximum Gasteiger partial charge on any atom is 0.431 e. The second-order valence-electron chi connectivity index (χ2n) is 3.69. The molecule has 0 aromatic carbocycles. The van der Waals surface area contributed by atoms with Gasteiger partial charge in [0.1, 0.15) is 0 Å². The molecule has 0 heterocycles. The molecule has 3 N–H and O–H groups in total. The fourth-order valence-electron chi connectivity index (χ4n) is 0.845. The van der Waals surface area contributed by atoms with Gasteiger partial charge in [0.2, 0.25) is 0 Å². The normalized spacial score (nSPS) is 13.4. The summed E-state index contributed by atoms with van der Waals surface area (Å²) in [7, 11) is -6.39. The summed E-state index contributed by atoms with van der Waals surface area (Å²) in [4.78, 5) is 0. The van der Waals surface area contributed by atoms with Crippen molar-refractivity contribution < 1.29 is 43.7 Å². The summed E-state index contributed by atoms with van der Waals surface area (Å²) in [5, 5.41) is -5.81. The number of hydrogen-bond acceptors (Lipinski definition) is 3. The smallest absolute Gasteiger partial charge is 0.327 e. The van der Waals surface area contributed by atoms with Crippen LogP contribution in [0.4, 0.5) is 30.7 Å². The predicted molar refractivity (Wildman–Crippen MR) is 60.6 cm³/mol. The van der Waals surface area contributed by atoms with Gasteiger partial charge < -0.3 is 5.73 Å². The Morgan fingerprint density at radius 3 is 1.67 bits per heavy atom. The van der Waals surface area contributed by atoms with Crippen LogP contribution in [0.1, 0.15) is 19.3 Å². The molecular weight excluding hydrogens is 335 g/mol. The first-order valence-electron chi connectivity index (χ1n) is 5.22. The lowest BCUT2D eigenvalue weighted by Gasteiger charge is -2.23. The lowest BCUT2D eigenvalue weighted by Crippen LogP contribution is -2.46. The molecule has 0 unspecified atom stereocenters. The lowest BCUT2D eigenvalue weighted by atomic mass is 10.1. The van der Waals surface area contributed by atoms with Crippen LogP contribution in [0.5, 0.6) is 0 Å². The molecule has 0 atom stereocenters. The number of hydrogen-bond donors (Lipinski definition) is 2. The number of nitrogens with two attached hydrogens (primary N) is 1. The van der Waals surface area contributed by atoms with Gasteiger partial charge in [-0.25, -0.2) is 0 Å². The number of rotatable bonds is 6. The molecule has 4 nitrogen and oxygen atoms in total. The quantitative estimate of drug-likeness (QED) is 0.439. The zero-order valence-corrected chi connectivity index (χ0v) is 11.3. The van der Waals surface area contributed by atoms with E-state index < -0.39 is 46.7 Å². The van der Waals surface area contributed by atoms with Crippen LogP contribution in [0.15, 0.2) is 12.7 Å². The van der Waals surface area contributed by atoms with E-state index in [1.54, 1.807) is 6.08 Å². The van der Waals surface area contributed by atoms with Gasteiger partial charge in [-0.1, -0.05) is 6.08 Å². The average molecular weight is 349 g/mol. The Labute approximate surface area is 116 Å². The monoisotopic (exact) mass is 349 g/mol. The standard InChI is InChI=1S/C6H7F7O3S.C3H7N/c7-4(8,2-1-3-5(9,10)11)6(12,13)17(14,15)16;1-2-3-4/h1-3H2,(H,14,15,16);2H,1,3-4H2. The van der Waals surface area contributed by atoms with Crippen molar-refractivity contribution in [3.63, 3.8) is 0 Å². The Kier molecular flexibility index (Phi) is 8.47. The Balaban J connectivity index is 0. The van der Waals surface area contributed by atoms with E-state index >= 15 is 0 Å². The Hall–Kier alpha value is -0.880. The molecule has 0 amide bonds. The maximum absolute atomic E-state index is 12.6. The van der Waals surface area contributed by atoms with Crippen molar-refractivity contribution in [2.45, 2.75) is 36.6 Å². The Morgan fingerprint density at radius 2 is 1.43 bits per heavy atom. The highest BCUT2D eigenvalue weighted by atomic mass is 32.2. The van der Waals surface area contributed by atoms with Gasteiger partial charge in [-0.2, -0.15) is 39.2 Å². The molecule has 128 valence electrons. The summed E-state index contributed by atoms with van der Waals surface area (Å²) in [5.41, 5.74) is 4.91. The van der Waals surface area contributed by atoms with Crippen molar-refractivity contribution in [3.05, 3.63) is 12.7 Å². The first-order valence-corrected chi connectivity index (χ1v) is 6.66. The van der Waals surface area contributed by atoms with Crippen LogP contribution in [0, 0.1) is 0 Å². The van der Waals surface area contributed by atoms with Crippen LogP contribution in [0.2, 0.25) is 0 Å². The molecule has 0 aromatic heterocycles. The predicted octanol–water partition coefficient (Wildman–Crippen LogP) is 2.97. The summed E-state index contributed by atoms with van der Waals surface area (Å²) in [5.74, 6) is -5.27. The van der Waals surface area contributed by atoms with E-state index in [-0.39, 0.29) is 0 Å². The first-order chi connectivity index (χ1) is 9.12. The molecule has 12 heteroatoms. The SMILES string of the molecule is C=CCN.O=S(=O)(O)C(F)(F)C(F)(F)CCCC(F)(F)F. The third kappa shape index (κ3) is 8.21. The van der Waals surface area contributed by atoms with Crippen LogP contribution in [0.25, 0.3) is 0 Å². The number of halogens is 7. The van der Waals surface area contributed by atoms with E-state index in [1.165, 1.54) is 0 Å². The van der Waals surface area contributed by atoms with Crippen LogP contribution in [-0.4, -0.2) is 36.9 Å². The van der Waals surface area contributed by atoms with Crippen molar-refractivity contribution in [2.75, 3.05) is 6.54 Å². The highest BCUT2D eigenvalue weighted by molar-refractivity contribution is 7.87. The Morgan fingerprint density at radius 1 is 1.05 bits per heavy atom. The fraction of sp³-hybridized carbons (Fsp3) is 0.778. The van der Waals surface area contributed by atoms with Crippen LogP contribution in [-0.2, 0) is 10.1 Å². The molecule has 0 aliphatic rings. The third-order valence-corrected chi connectivity index (χ3v) is 2.81. The second kappa shape index (κ2) is 7.94. The van der Waals surface area contributed by atoms with E-state index in [0.29, 0.717) is 6.54 Å². The summed E-state index contributed by atoms with van der Waals surface area (Å²) in [6.45, 7) is 3.94. The molecule has 0 aliphatic heterocycles. The topological polar surface area (TPSA) is 80.4 Å². The number of alkyl halides is 7. The van der Waals surface area contributed by atoms with E-state index in [4.69, 9.17) is 10.3 Å². The van der Waals surface area contributed by atoms with E-state index in [9.17, 15) is 39.2 Å². The zero-order valence-electron chi connectivity index (χ0n) is 10.5. The van der Waals surface area contributed by atoms with Crippen LogP contribution < -0.4 is 5.73 Å². The minimum atomic E-state index is -6.39. The first kappa shape index (κ1) is 22.4. The van der Waals surface area contributed by atoms with Gasteiger partial charge in [0, 0.05) is 19.4 Å². The molecule has 0 aromatic rings. The molecule has 0 spiro atoms. The van der Waals surface area contributed by atoms with Gasteiger partial charge in [-0.3, -0.25) is 4.55 Å². The minimum Gasteiger partial charge on any atom is -0.327 e. The minimum absolute atomic E-state index is 0.583. The van der Waals surface area contributed by atoms with Crippen molar-refractivity contribution in [3.8, 4) is 0 Å². The van der Waals surface area contributed by atoms with Gasteiger partial charge in [-0.05, 0) is 6.42 Å². The summed E-state index contributed by atoms with van der Waals surface area (Å²) >= 11 is 0. The van der Waals surface area contributed by atoms with Crippen LogP contribution >= 0.6 is 0 Å². The van der Waals surface area contributed by atoms with Crippen molar-refractivity contribution in [2.24, 2.45) is 5.73 Å². The molecule has 21 heavy (non-hydrogen) atoms. The summed E-state index contributed by atoms with van der Waals surface area (Å²) in [6.07, 6.45) is -8.32. The molecule has 0 saturated heterocycles. The van der Waals surface area contributed by atoms with Gasteiger partial charge in [0.15, 0.2) is 0 Å². The molecule has 0 fully saturated rings. The van der Waals surface area contributed by atoms with Crippen LogP contribution in [0.3, 0.4) is 0 Å². The summed E-state index contributed by atoms with van der Waals surface area (Å²) < 4.78 is 113. The second-order valence-corrected chi connectivity index (χ2v) is 5.15. The maximum atomic E-state index is 12.6. The van der Waals surface area contributed by atoms with Crippen molar-refractivity contribution in [1.82, 2.24) is 0 Å². The van der Waals surface area contributed by atoms with E-state index in [0.717, 1.165) is 0 Å². The highest BCUT2D eigenvalue weighted by Crippen LogP contribution is 2.42. The Bertz CT molecular complexity index is 420. The average Bonchev–Trinajstić information content (AvgIpc) is 2.25. The summed E-state index contributed by atoms with van der Waals surface area (Å²) in [6, 6.07) is 0. The zero-order chi connectivity index (χ0) is 17.5. The van der Waals surface area contributed by atoms with E-state index in [1.807, 2.05) is 0 Å². The largest absolute Gasteiger partial charge is 0.431 e. The van der Waals surface area contributed by atoms with Gasteiger partial charge >= 0.3 is 27.5 Å². The molecular formula is C9H14F7NO3S. The molecule has 0 rings (SSSR count). The molecule has 0 radical (unpaired) electrons. The lowest BCUT2D eigenvalue weighted by molar-refractivity contribution is -0.173. The third-order valence-electron chi connectivity index (χ3n) is 1.87. The van der Waals surface area contributed by atoms with Gasteiger partial charge in [-0.15, -0.1) is 6.58 Å². The van der Waals surface area contributed by atoms with Crippen molar-refractivity contribution in [1.29, 1.82) is 0 Å². The molecule has 0 saturated carbocycles. The van der Waals surface area contributed by atoms with Gasteiger partial charge in [0.25, 0.3) is 0 Å². The van der Waals surface area contributed by atoms with Crippen molar-refractivity contribution >= 4 is 10.1 Å². The fourth-order valence-corrected chi connectivity index (χ4v) is 1.32. The molecule has 0 bridgehead atoms.